The molecule has 0 spiro atoms. The molecule has 1 nitrogen and oxygen atoms in total. The summed E-state index contributed by atoms with van der Waals surface area (Å²) in [4.78, 5) is 5.08. The van der Waals surface area contributed by atoms with Gasteiger partial charge in [-0.25, -0.2) is 0 Å². The fourth-order valence-corrected chi connectivity index (χ4v) is 10.1. The van der Waals surface area contributed by atoms with Crippen LogP contribution in [-0.2, 0) is 5.41 Å². The summed E-state index contributed by atoms with van der Waals surface area (Å²) in [7, 11) is 0. The van der Waals surface area contributed by atoms with E-state index in [0.717, 1.165) is 16.8 Å². The van der Waals surface area contributed by atoms with Gasteiger partial charge in [0.15, 0.2) is 0 Å². The molecule has 10 aromatic rings. The molecule has 278 valence electrons. The first-order valence-electron chi connectivity index (χ1n) is 20.5. The van der Waals surface area contributed by atoms with Crippen molar-refractivity contribution in [1.29, 1.82) is 0 Å². The summed E-state index contributed by atoms with van der Waals surface area (Å²) in [6.45, 7) is 4.50. The minimum Gasteiger partial charge on any atom is -0.256 e. The molecule has 1 aliphatic carbocycles. The van der Waals surface area contributed by atoms with Crippen LogP contribution in [0, 0.1) is 13.8 Å². The van der Waals surface area contributed by atoms with E-state index in [0.29, 0.717) is 0 Å². The second kappa shape index (κ2) is 13.9. The van der Waals surface area contributed by atoms with E-state index in [1.165, 1.54) is 93.9 Å². The predicted octanol–water partition coefficient (Wildman–Crippen LogP) is 15.0. The second-order valence-electron chi connectivity index (χ2n) is 15.9. The maximum absolute atomic E-state index is 5.08. The summed E-state index contributed by atoms with van der Waals surface area (Å²) in [5.74, 6) is 0. The van der Waals surface area contributed by atoms with Crippen LogP contribution in [-0.4, -0.2) is 4.98 Å². The Balaban J connectivity index is 0.974. The molecule has 0 bridgehead atoms. The lowest BCUT2D eigenvalue weighted by Crippen LogP contribution is -2.30. The molecule has 0 N–H and O–H groups in total. The van der Waals surface area contributed by atoms with Gasteiger partial charge in [0.25, 0.3) is 0 Å². The Morgan fingerprint density at radius 1 is 0.322 bits per heavy atom. The number of rotatable bonds is 6. The van der Waals surface area contributed by atoms with Crippen LogP contribution in [0.2, 0.25) is 0 Å². The zero-order valence-corrected chi connectivity index (χ0v) is 33.2. The fourth-order valence-electron chi connectivity index (χ4n) is 10.1. The van der Waals surface area contributed by atoms with Gasteiger partial charge in [0.1, 0.15) is 0 Å². The molecule has 1 aliphatic rings. The zero-order valence-electron chi connectivity index (χ0n) is 33.2. The topological polar surface area (TPSA) is 12.9 Å². The smallest absolute Gasteiger partial charge is 0.0718 e. The number of fused-ring (bicyclic) bond motifs is 5. The molecule has 1 heterocycles. The van der Waals surface area contributed by atoms with Crippen LogP contribution in [0.5, 0.6) is 0 Å². The molecule has 0 fully saturated rings. The molecule has 0 saturated carbocycles. The number of pyridine rings is 1. The molecule has 0 saturated heterocycles. The number of nitrogens with zero attached hydrogens (tertiary/aromatic N) is 1. The van der Waals surface area contributed by atoms with Crippen molar-refractivity contribution in [1.82, 2.24) is 4.98 Å². The van der Waals surface area contributed by atoms with Crippen molar-refractivity contribution in [3.05, 3.63) is 246 Å². The van der Waals surface area contributed by atoms with Crippen LogP contribution >= 0.6 is 0 Å². The molecule has 0 aliphatic heterocycles. The molecule has 0 amide bonds. The summed E-state index contributed by atoms with van der Waals surface area (Å²) >= 11 is 0. The van der Waals surface area contributed by atoms with E-state index in [1.54, 1.807) is 0 Å². The molecule has 0 unspecified atom stereocenters. The van der Waals surface area contributed by atoms with Gasteiger partial charge in [0.2, 0.25) is 0 Å². The number of benzene rings is 9. The third-order valence-electron chi connectivity index (χ3n) is 12.7. The van der Waals surface area contributed by atoms with Crippen molar-refractivity contribution in [2.45, 2.75) is 19.3 Å². The van der Waals surface area contributed by atoms with Crippen LogP contribution in [0.3, 0.4) is 0 Å². The lowest BCUT2D eigenvalue weighted by molar-refractivity contribution is 0.754. The van der Waals surface area contributed by atoms with Crippen LogP contribution in [0.15, 0.2) is 212 Å². The van der Waals surface area contributed by atoms with Gasteiger partial charge in [-0.05, 0) is 120 Å². The van der Waals surface area contributed by atoms with Crippen molar-refractivity contribution >= 4 is 21.5 Å². The van der Waals surface area contributed by atoms with E-state index < -0.39 is 5.41 Å². The first-order valence-corrected chi connectivity index (χ1v) is 20.5. The highest BCUT2D eigenvalue weighted by molar-refractivity contribution is 6.21. The van der Waals surface area contributed by atoms with Crippen molar-refractivity contribution in [3.8, 4) is 55.8 Å². The Labute approximate surface area is 346 Å². The van der Waals surface area contributed by atoms with Gasteiger partial charge in [-0.3, -0.25) is 4.98 Å². The largest absolute Gasteiger partial charge is 0.256 e. The molecule has 1 heteroatoms. The summed E-state index contributed by atoms with van der Waals surface area (Å²) < 4.78 is 0. The van der Waals surface area contributed by atoms with Crippen LogP contribution in [0.25, 0.3) is 77.3 Å². The molecule has 9 aromatic carbocycles. The molecule has 11 rings (SSSR count). The average molecular weight is 752 g/mol. The van der Waals surface area contributed by atoms with E-state index in [2.05, 4.69) is 220 Å². The van der Waals surface area contributed by atoms with Crippen molar-refractivity contribution < 1.29 is 0 Å². The van der Waals surface area contributed by atoms with Gasteiger partial charge in [0.05, 0.1) is 11.1 Å². The summed E-state index contributed by atoms with van der Waals surface area (Å²) in [5, 5.41) is 4.96. The van der Waals surface area contributed by atoms with E-state index >= 15 is 0 Å². The lowest BCUT2D eigenvalue weighted by Gasteiger charge is -2.36. The van der Waals surface area contributed by atoms with Gasteiger partial charge in [-0.2, -0.15) is 0 Å². The Morgan fingerprint density at radius 3 is 1.36 bits per heavy atom. The Morgan fingerprint density at radius 2 is 0.780 bits per heavy atom. The van der Waals surface area contributed by atoms with E-state index in [4.69, 9.17) is 4.98 Å². The minimum atomic E-state index is -0.411. The molecule has 1 aromatic heterocycles. The van der Waals surface area contributed by atoms with Gasteiger partial charge < -0.3 is 0 Å². The van der Waals surface area contributed by atoms with Gasteiger partial charge in [0, 0.05) is 17.3 Å². The standard InChI is InChI=1S/C58H41N/c1-38-16-6-13-25-51(38)58(52-26-14-7-17-39(52)2)53-27-15-12-20-45(53)50-36-43(32-34-54(50)58)40-28-30-41(31-29-40)55-35-33-44(37-59-55)57-48-23-10-8-21-46(48)56(42-18-4-3-5-19-42)47-22-9-11-24-49(47)57/h3-37H,1-2H3. The highest BCUT2D eigenvalue weighted by atomic mass is 14.7. The van der Waals surface area contributed by atoms with E-state index in [-0.39, 0.29) is 0 Å². The first-order chi connectivity index (χ1) is 29.1. The third-order valence-corrected chi connectivity index (χ3v) is 12.7. The fraction of sp³-hybridized carbons (Fsp3) is 0.0517. The maximum Gasteiger partial charge on any atom is 0.0718 e. The average Bonchev–Trinajstić information content (AvgIpc) is 3.59. The number of hydrogen-bond donors (Lipinski definition) is 0. The summed E-state index contributed by atoms with van der Waals surface area (Å²) in [5.41, 5.74) is 19.4. The third kappa shape index (κ3) is 5.43. The SMILES string of the molecule is Cc1ccccc1C1(c2ccccc2C)c2ccccc2-c2cc(-c3ccc(-c4ccc(-c5c6ccccc6c(-c6ccccc6)c6ccccc56)cn4)cc3)ccc21. The van der Waals surface area contributed by atoms with E-state index in [9.17, 15) is 0 Å². The monoisotopic (exact) mass is 751 g/mol. The number of aryl methyl sites for hydroxylation is 2. The molecular formula is C58H41N. The maximum atomic E-state index is 5.08. The highest BCUT2D eigenvalue weighted by Crippen LogP contribution is 2.58. The first kappa shape index (κ1) is 34.9. The number of hydrogen-bond acceptors (Lipinski definition) is 1. The summed E-state index contributed by atoms with van der Waals surface area (Å²) in [6, 6.07) is 75.6. The molecule has 0 radical (unpaired) electrons. The summed E-state index contributed by atoms with van der Waals surface area (Å²) in [6.07, 6.45) is 2.05. The Hall–Kier alpha value is -7.35. The van der Waals surface area contributed by atoms with Gasteiger partial charge in [-0.1, -0.05) is 194 Å². The minimum absolute atomic E-state index is 0.411. The van der Waals surface area contributed by atoms with Crippen LogP contribution in [0.1, 0.15) is 33.4 Å². The zero-order chi connectivity index (χ0) is 39.5. The van der Waals surface area contributed by atoms with Gasteiger partial charge in [-0.15, -0.1) is 0 Å². The molecule has 0 atom stereocenters. The highest BCUT2D eigenvalue weighted by Gasteiger charge is 2.47. The van der Waals surface area contributed by atoms with Crippen molar-refractivity contribution in [3.63, 3.8) is 0 Å². The second-order valence-corrected chi connectivity index (χ2v) is 15.9. The number of aromatic nitrogens is 1. The Kier molecular flexibility index (Phi) is 8.24. The van der Waals surface area contributed by atoms with Crippen LogP contribution in [0.4, 0.5) is 0 Å². The van der Waals surface area contributed by atoms with Crippen molar-refractivity contribution in [2.75, 3.05) is 0 Å². The lowest BCUT2D eigenvalue weighted by atomic mass is 9.65. The van der Waals surface area contributed by atoms with Crippen molar-refractivity contribution in [2.24, 2.45) is 0 Å². The Bertz CT molecular complexity index is 3110. The van der Waals surface area contributed by atoms with Gasteiger partial charge >= 0.3 is 0 Å². The normalized spacial score (nSPS) is 12.7. The van der Waals surface area contributed by atoms with Crippen LogP contribution < -0.4 is 0 Å². The van der Waals surface area contributed by atoms with E-state index in [1.807, 2.05) is 6.20 Å². The predicted molar refractivity (Wildman–Crippen MR) is 248 cm³/mol. The quantitative estimate of drug-likeness (QED) is 0.154. The molecule has 59 heavy (non-hydrogen) atoms. The molecular weight excluding hydrogens is 711 g/mol.